The van der Waals surface area contributed by atoms with E-state index in [9.17, 15) is 4.79 Å². The Kier molecular flexibility index (Phi) is 6.65. The van der Waals surface area contributed by atoms with Gasteiger partial charge in [-0.3, -0.25) is 4.79 Å². The number of carbonyl (C=O) groups is 1. The van der Waals surface area contributed by atoms with E-state index in [1.165, 1.54) is 0 Å². The summed E-state index contributed by atoms with van der Waals surface area (Å²) in [6.45, 7) is 11.3. The van der Waals surface area contributed by atoms with Crippen LogP contribution in [0, 0.1) is 11.3 Å². The smallest absolute Gasteiger partial charge is 0.220 e. The van der Waals surface area contributed by atoms with Crippen molar-refractivity contribution in [2.24, 2.45) is 17.1 Å². The maximum absolute atomic E-state index is 11.8. The quantitative estimate of drug-likeness (QED) is 0.733. The second-order valence-electron chi connectivity index (χ2n) is 5.72. The molecule has 0 aliphatic carbocycles. The Morgan fingerprint density at radius 1 is 1.38 bits per heavy atom. The minimum atomic E-state index is 0.155. The minimum absolute atomic E-state index is 0.155. The topological polar surface area (TPSA) is 55.1 Å². The highest BCUT2D eigenvalue weighted by molar-refractivity contribution is 5.76. The molecule has 2 unspecified atom stereocenters. The van der Waals surface area contributed by atoms with Gasteiger partial charge < -0.3 is 11.1 Å². The van der Waals surface area contributed by atoms with Crippen molar-refractivity contribution in [3.05, 3.63) is 0 Å². The third-order valence-electron chi connectivity index (χ3n) is 3.34. The lowest BCUT2D eigenvalue weighted by Crippen LogP contribution is -2.37. The molecule has 0 spiro atoms. The zero-order valence-corrected chi connectivity index (χ0v) is 11.5. The van der Waals surface area contributed by atoms with Crippen LogP contribution in [0.4, 0.5) is 0 Å². The predicted molar refractivity (Wildman–Crippen MR) is 69.1 cm³/mol. The average Bonchev–Trinajstić information content (AvgIpc) is 2.15. The van der Waals surface area contributed by atoms with Gasteiger partial charge in [0.1, 0.15) is 0 Å². The van der Waals surface area contributed by atoms with Gasteiger partial charge in [0.25, 0.3) is 0 Å². The molecule has 0 heterocycles. The number of amides is 1. The fourth-order valence-corrected chi connectivity index (χ4v) is 1.45. The van der Waals surface area contributed by atoms with Crippen molar-refractivity contribution in [3.63, 3.8) is 0 Å². The summed E-state index contributed by atoms with van der Waals surface area (Å²) in [6, 6.07) is 0.240. The van der Waals surface area contributed by atoms with Gasteiger partial charge in [0.15, 0.2) is 0 Å². The highest BCUT2D eigenvalue weighted by Gasteiger charge is 2.23. The first-order valence-electron chi connectivity index (χ1n) is 6.30. The van der Waals surface area contributed by atoms with Crippen LogP contribution in [0.5, 0.6) is 0 Å². The molecule has 3 N–H and O–H groups in total. The summed E-state index contributed by atoms with van der Waals surface area (Å²) in [5.41, 5.74) is 5.69. The van der Waals surface area contributed by atoms with Gasteiger partial charge in [-0.1, -0.05) is 34.6 Å². The molecule has 0 aliphatic rings. The van der Waals surface area contributed by atoms with E-state index in [4.69, 9.17) is 5.73 Å². The molecule has 0 aromatic heterocycles. The molecular formula is C13H28N2O. The summed E-state index contributed by atoms with van der Waals surface area (Å²) < 4.78 is 0. The molecule has 0 aliphatic heterocycles. The number of rotatable bonds is 6. The summed E-state index contributed by atoms with van der Waals surface area (Å²) in [5.74, 6) is 0.547. The Hall–Kier alpha value is -0.570. The van der Waals surface area contributed by atoms with Gasteiger partial charge in [0.05, 0.1) is 0 Å². The van der Waals surface area contributed by atoms with E-state index in [1.807, 2.05) is 0 Å². The highest BCUT2D eigenvalue weighted by atomic mass is 16.1. The molecule has 0 radical (unpaired) electrons. The third kappa shape index (κ3) is 6.11. The Balaban J connectivity index is 4.07. The van der Waals surface area contributed by atoms with E-state index in [2.05, 4.69) is 39.9 Å². The number of hydrogen-bond acceptors (Lipinski definition) is 2. The lowest BCUT2D eigenvalue weighted by molar-refractivity contribution is -0.123. The Morgan fingerprint density at radius 3 is 2.31 bits per heavy atom. The molecule has 96 valence electrons. The third-order valence-corrected chi connectivity index (χ3v) is 3.34. The summed E-state index contributed by atoms with van der Waals surface area (Å²) in [6.07, 6.45) is 2.42. The van der Waals surface area contributed by atoms with Crippen LogP contribution in [-0.2, 0) is 4.79 Å². The maximum Gasteiger partial charge on any atom is 0.220 e. The fourth-order valence-electron chi connectivity index (χ4n) is 1.45. The van der Waals surface area contributed by atoms with Gasteiger partial charge in [-0.25, -0.2) is 0 Å². The van der Waals surface area contributed by atoms with Crippen molar-refractivity contribution in [1.82, 2.24) is 5.32 Å². The zero-order valence-electron chi connectivity index (χ0n) is 11.5. The van der Waals surface area contributed by atoms with E-state index < -0.39 is 0 Å². The molecule has 2 atom stereocenters. The molecular weight excluding hydrogens is 200 g/mol. The summed E-state index contributed by atoms with van der Waals surface area (Å²) >= 11 is 0. The molecule has 3 nitrogen and oxygen atoms in total. The fraction of sp³-hybridized carbons (Fsp3) is 0.923. The van der Waals surface area contributed by atoms with E-state index in [0.717, 1.165) is 12.8 Å². The van der Waals surface area contributed by atoms with Crippen molar-refractivity contribution in [3.8, 4) is 0 Å². The van der Waals surface area contributed by atoms with E-state index >= 15 is 0 Å². The van der Waals surface area contributed by atoms with Crippen LogP contribution in [0.3, 0.4) is 0 Å². The van der Waals surface area contributed by atoms with Gasteiger partial charge in [-0.15, -0.1) is 0 Å². The van der Waals surface area contributed by atoms with E-state index in [1.54, 1.807) is 0 Å². The lowest BCUT2D eigenvalue weighted by atomic mass is 9.80. The van der Waals surface area contributed by atoms with Gasteiger partial charge in [0.2, 0.25) is 5.91 Å². The minimum Gasteiger partial charge on any atom is -0.353 e. The van der Waals surface area contributed by atoms with Crippen molar-refractivity contribution in [1.29, 1.82) is 0 Å². The number of carbonyl (C=O) groups excluding carboxylic acids is 1. The number of nitrogens with two attached hydrogens (primary N) is 1. The van der Waals surface area contributed by atoms with Crippen LogP contribution in [0.15, 0.2) is 0 Å². The Morgan fingerprint density at radius 2 is 1.94 bits per heavy atom. The van der Waals surface area contributed by atoms with Crippen molar-refractivity contribution < 1.29 is 4.79 Å². The standard InChI is InChI=1S/C13H28N2O/c1-6-11(7-8-14)15-12(16)9-10(2)13(3,4)5/h10-11H,6-9,14H2,1-5H3,(H,15,16). The van der Waals surface area contributed by atoms with Crippen LogP contribution in [0.25, 0.3) is 0 Å². The number of hydrogen-bond donors (Lipinski definition) is 2. The van der Waals surface area contributed by atoms with Crippen LogP contribution in [0.2, 0.25) is 0 Å². The Bertz CT molecular complexity index is 208. The first-order valence-corrected chi connectivity index (χ1v) is 6.30. The molecule has 0 bridgehead atoms. The van der Waals surface area contributed by atoms with Gasteiger partial charge in [-0.05, 0) is 30.7 Å². The normalized spacial score (nSPS) is 15.6. The average molecular weight is 228 g/mol. The van der Waals surface area contributed by atoms with Crippen molar-refractivity contribution >= 4 is 5.91 Å². The first-order chi connectivity index (χ1) is 7.31. The summed E-state index contributed by atoms with van der Waals surface area (Å²) in [5, 5.41) is 3.05. The van der Waals surface area contributed by atoms with Crippen LogP contribution < -0.4 is 11.1 Å². The maximum atomic E-state index is 11.8. The lowest BCUT2D eigenvalue weighted by Gasteiger charge is -2.27. The summed E-state index contributed by atoms with van der Waals surface area (Å²) in [7, 11) is 0. The zero-order chi connectivity index (χ0) is 12.8. The molecule has 0 aromatic carbocycles. The van der Waals surface area contributed by atoms with E-state index in [0.29, 0.717) is 18.9 Å². The van der Waals surface area contributed by atoms with Crippen molar-refractivity contribution in [2.45, 2.75) is 59.9 Å². The molecule has 1 amide bonds. The van der Waals surface area contributed by atoms with Crippen LogP contribution >= 0.6 is 0 Å². The van der Waals surface area contributed by atoms with Crippen molar-refractivity contribution in [2.75, 3.05) is 6.54 Å². The molecule has 0 saturated heterocycles. The summed E-state index contributed by atoms with van der Waals surface area (Å²) in [4.78, 5) is 11.8. The SMILES string of the molecule is CCC(CCN)NC(=O)CC(C)C(C)(C)C. The second-order valence-corrected chi connectivity index (χ2v) is 5.72. The molecule has 3 heteroatoms. The molecule has 0 rings (SSSR count). The number of nitrogens with one attached hydrogen (secondary N) is 1. The predicted octanol–water partition coefficient (Wildman–Crippen LogP) is 2.30. The van der Waals surface area contributed by atoms with Crippen LogP contribution in [0.1, 0.15) is 53.9 Å². The Labute approximate surface area is 100 Å². The van der Waals surface area contributed by atoms with Gasteiger partial charge >= 0.3 is 0 Å². The second kappa shape index (κ2) is 6.89. The van der Waals surface area contributed by atoms with E-state index in [-0.39, 0.29) is 17.4 Å². The molecule has 0 saturated carbocycles. The largest absolute Gasteiger partial charge is 0.353 e. The molecule has 0 fully saturated rings. The van der Waals surface area contributed by atoms with Gasteiger partial charge in [0, 0.05) is 12.5 Å². The first kappa shape index (κ1) is 15.4. The monoisotopic (exact) mass is 228 g/mol. The molecule has 16 heavy (non-hydrogen) atoms. The van der Waals surface area contributed by atoms with Gasteiger partial charge in [-0.2, -0.15) is 0 Å². The highest BCUT2D eigenvalue weighted by Crippen LogP contribution is 2.27. The van der Waals surface area contributed by atoms with Crippen LogP contribution in [-0.4, -0.2) is 18.5 Å². The molecule has 0 aromatic rings.